The first kappa shape index (κ1) is 14.5. The first-order valence-electron chi connectivity index (χ1n) is 5.25. The SMILES string of the molecule is CC(C)COc1ccc(C(=O)C(F)(F)F)cc1F. The quantitative estimate of drug-likeness (QED) is 0.613. The molecule has 6 heteroatoms. The van der Waals surface area contributed by atoms with Gasteiger partial charge in [-0.15, -0.1) is 0 Å². The molecule has 0 saturated carbocycles. The van der Waals surface area contributed by atoms with Gasteiger partial charge in [0, 0.05) is 5.56 Å². The van der Waals surface area contributed by atoms with Crippen molar-refractivity contribution in [2.24, 2.45) is 5.92 Å². The first-order chi connectivity index (χ1) is 8.21. The third-order valence-electron chi connectivity index (χ3n) is 2.02. The van der Waals surface area contributed by atoms with Gasteiger partial charge in [-0.2, -0.15) is 13.2 Å². The molecular formula is C12H12F4O2. The average Bonchev–Trinajstić information content (AvgIpc) is 2.24. The van der Waals surface area contributed by atoms with Crippen molar-refractivity contribution in [3.05, 3.63) is 29.6 Å². The summed E-state index contributed by atoms with van der Waals surface area (Å²) in [4.78, 5) is 10.9. The van der Waals surface area contributed by atoms with E-state index in [-0.39, 0.29) is 18.3 Å². The van der Waals surface area contributed by atoms with Crippen molar-refractivity contribution in [3.63, 3.8) is 0 Å². The highest BCUT2D eigenvalue weighted by Crippen LogP contribution is 2.25. The van der Waals surface area contributed by atoms with Crippen LogP contribution in [0, 0.1) is 11.7 Å². The molecular weight excluding hydrogens is 252 g/mol. The second-order valence-electron chi connectivity index (χ2n) is 4.18. The highest BCUT2D eigenvalue weighted by Gasteiger charge is 2.39. The van der Waals surface area contributed by atoms with E-state index < -0.39 is 23.3 Å². The van der Waals surface area contributed by atoms with Crippen molar-refractivity contribution in [3.8, 4) is 5.75 Å². The van der Waals surface area contributed by atoms with Crippen LogP contribution in [0.3, 0.4) is 0 Å². The maximum absolute atomic E-state index is 13.4. The van der Waals surface area contributed by atoms with Crippen molar-refractivity contribution in [2.75, 3.05) is 6.61 Å². The molecule has 0 bridgehead atoms. The van der Waals surface area contributed by atoms with Crippen molar-refractivity contribution in [1.82, 2.24) is 0 Å². The molecule has 1 aromatic carbocycles. The van der Waals surface area contributed by atoms with Crippen molar-refractivity contribution < 1.29 is 27.1 Å². The van der Waals surface area contributed by atoms with Gasteiger partial charge < -0.3 is 4.74 Å². The molecule has 0 aliphatic carbocycles. The normalized spacial score (nSPS) is 11.7. The topological polar surface area (TPSA) is 26.3 Å². The molecule has 1 aromatic rings. The van der Waals surface area contributed by atoms with Crippen LogP contribution in [-0.2, 0) is 0 Å². The summed E-state index contributed by atoms with van der Waals surface area (Å²) in [6.07, 6.45) is -5.01. The van der Waals surface area contributed by atoms with E-state index >= 15 is 0 Å². The monoisotopic (exact) mass is 264 g/mol. The average molecular weight is 264 g/mol. The Balaban J connectivity index is 2.89. The zero-order chi connectivity index (χ0) is 13.9. The van der Waals surface area contributed by atoms with Crippen molar-refractivity contribution in [1.29, 1.82) is 0 Å². The number of ketones is 1. The summed E-state index contributed by atoms with van der Waals surface area (Å²) in [7, 11) is 0. The van der Waals surface area contributed by atoms with E-state index in [2.05, 4.69) is 0 Å². The lowest BCUT2D eigenvalue weighted by molar-refractivity contribution is -0.0885. The van der Waals surface area contributed by atoms with Crippen LogP contribution in [0.2, 0.25) is 0 Å². The van der Waals surface area contributed by atoms with Crippen LogP contribution in [0.25, 0.3) is 0 Å². The Hall–Kier alpha value is -1.59. The highest BCUT2D eigenvalue weighted by molar-refractivity contribution is 6.00. The minimum Gasteiger partial charge on any atom is -0.490 e. The minimum absolute atomic E-state index is 0.154. The Kier molecular flexibility index (Phi) is 4.32. The third-order valence-corrected chi connectivity index (χ3v) is 2.02. The zero-order valence-corrected chi connectivity index (χ0v) is 9.84. The van der Waals surface area contributed by atoms with Crippen LogP contribution in [0.4, 0.5) is 17.6 Å². The smallest absolute Gasteiger partial charge is 0.454 e. The Bertz CT molecular complexity index is 438. The summed E-state index contributed by atoms with van der Waals surface area (Å²) >= 11 is 0. The fourth-order valence-corrected chi connectivity index (χ4v) is 1.18. The molecule has 2 nitrogen and oxygen atoms in total. The van der Waals surface area contributed by atoms with Crippen molar-refractivity contribution >= 4 is 5.78 Å². The predicted molar refractivity (Wildman–Crippen MR) is 57.1 cm³/mol. The molecule has 0 fully saturated rings. The molecule has 0 aliphatic rings. The lowest BCUT2D eigenvalue weighted by Gasteiger charge is -2.10. The zero-order valence-electron chi connectivity index (χ0n) is 9.84. The van der Waals surface area contributed by atoms with Gasteiger partial charge in [0.2, 0.25) is 0 Å². The van der Waals surface area contributed by atoms with E-state index in [9.17, 15) is 22.4 Å². The summed E-state index contributed by atoms with van der Waals surface area (Å²) in [5.41, 5.74) is -0.739. The molecule has 18 heavy (non-hydrogen) atoms. The van der Waals surface area contributed by atoms with Gasteiger partial charge in [-0.05, 0) is 24.1 Å². The number of rotatable bonds is 4. The van der Waals surface area contributed by atoms with E-state index in [4.69, 9.17) is 4.74 Å². The minimum atomic E-state index is -5.01. The van der Waals surface area contributed by atoms with Gasteiger partial charge >= 0.3 is 6.18 Å². The van der Waals surface area contributed by atoms with Crippen LogP contribution in [-0.4, -0.2) is 18.6 Å². The van der Waals surface area contributed by atoms with E-state index in [0.29, 0.717) is 6.07 Å². The van der Waals surface area contributed by atoms with Crippen molar-refractivity contribution in [2.45, 2.75) is 20.0 Å². The number of halogens is 4. The lowest BCUT2D eigenvalue weighted by Crippen LogP contribution is -2.22. The second kappa shape index (κ2) is 5.37. The molecule has 0 aromatic heterocycles. The Morgan fingerprint density at radius 2 is 1.94 bits per heavy atom. The number of alkyl halides is 3. The summed E-state index contributed by atoms with van der Waals surface area (Å²) in [6, 6.07) is 2.46. The van der Waals surface area contributed by atoms with Gasteiger partial charge in [-0.1, -0.05) is 13.8 Å². The maximum atomic E-state index is 13.4. The van der Waals surface area contributed by atoms with Crippen LogP contribution in [0.15, 0.2) is 18.2 Å². The Morgan fingerprint density at radius 3 is 2.39 bits per heavy atom. The first-order valence-corrected chi connectivity index (χ1v) is 5.25. The van der Waals surface area contributed by atoms with Gasteiger partial charge in [0.1, 0.15) is 0 Å². The Labute approximate surface area is 102 Å². The summed E-state index contributed by atoms with van der Waals surface area (Å²) < 4.78 is 54.8. The molecule has 0 spiro atoms. The largest absolute Gasteiger partial charge is 0.490 e. The van der Waals surface area contributed by atoms with Gasteiger partial charge in [-0.3, -0.25) is 4.79 Å². The highest BCUT2D eigenvalue weighted by atomic mass is 19.4. The molecule has 0 saturated heterocycles. The van der Waals surface area contributed by atoms with Crippen LogP contribution in [0.1, 0.15) is 24.2 Å². The molecule has 100 valence electrons. The molecule has 0 atom stereocenters. The number of benzene rings is 1. The van der Waals surface area contributed by atoms with Gasteiger partial charge in [-0.25, -0.2) is 4.39 Å². The summed E-state index contributed by atoms with van der Waals surface area (Å²) in [6.45, 7) is 3.93. The van der Waals surface area contributed by atoms with Crippen LogP contribution < -0.4 is 4.74 Å². The van der Waals surface area contributed by atoms with E-state index in [1.54, 1.807) is 0 Å². The standard InChI is InChI=1S/C12H12F4O2/c1-7(2)6-18-10-4-3-8(5-9(10)13)11(17)12(14,15)16/h3-5,7H,6H2,1-2H3. The van der Waals surface area contributed by atoms with Gasteiger partial charge in [0.25, 0.3) is 5.78 Å². The second-order valence-corrected chi connectivity index (χ2v) is 4.18. The van der Waals surface area contributed by atoms with E-state index in [1.807, 2.05) is 13.8 Å². The molecule has 1 rings (SSSR count). The van der Waals surface area contributed by atoms with Crippen LogP contribution in [0.5, 0.6) is 5.75 Å². The molecule has 0 N–H and O–H groups in total. The Morgan fingerprint density at radius 1 is 1.33 bits per heavy atom. The number of hydrogen-bond donors (Lipinski definition) is 0. The van der Waals surface area contributed by atoms with E-state index in [1.165, 1.54) is 0 Å². The number of Topliss-reactive ketones (excluding diaryl/α,β-unsaturated/α-hetero) is 1. The molecule has 0 unspecified atom stereocenters. The third kappa shape index (κ3) is 3.72. The molecule has 0 heterocycles. The van der Waals surface area contributed by atoms with Gasteiger partial charge in [0.15, 0.2) is 11.6 Å². The molecule has 0 aliphatic heterocycles. The maximum Gasteiger partial charge on any atom is 0.454 e. The summed E-state index contributed by atoms with van der Waals surface area (Å²) in [5.74, 6) is -3.06. The number of ether oxygens (including phenoxy) is 1. The van der Waals surface area contributed by atoms with Crippen LogP contribution >= 0.6 is 0 Å². The van der Waals surface area contributed by atoms with E-state index in [0.717, 1.165) is 12.1 Å². The molecule has 0 radical (unpaired) electrons. The fourth-order valence-electron chi connectivity index (χ4n) is 1.18. The predicted octanol–water partition coefficient (Wildman–Crippen LogP) is 3.61. The summed E-state index contributed by atoms with van der Waals surface area (Å²) in [5, 5.41) is 0. The lowest BCUT2D eigenvalue weighted by atomic mass is 10.1. The molecule has 0 amide bonds. The number of carbonyl (C=O) groups is 1. The fraction of sp³-hybridized carbons (Fsp3) is 0.417. The number of carbonyl (C=O) groups excluding carboxylic acids is 1. The van der Waals surface area contributed by atoms with Gasteiger partial charge in [0.05, 0.1) is 6.61 Å². The number of hydrogen-bond acceptors (Lipinski definition) is 2.